The van der Waals surface area contributed by atoms with Gasteiger partial charge in [-0.2, -0.15) is 0 Å². The van der Waals surface area contributed by atoms with Gasteiger partial charge >= 0.3 is 5.97 Å². The molecule has 0 aliphatic heterocycles. The Morgan fingerprint density at radius 3 is 2.35 bits per heavy atom. The summed E-state index contributed by atoms with van der Waals surface area (Å²) >= 11 is 11.6. The number of aliphatic carboxylic acids is 1. The normalized spacial score (nSPS) is 16.2. The van der Waals surface area contributed by atoms with Gasteiger partial charge in [-0.25, -0.2) is 0 Å². The van der Waals surface area contributed by atoms with Crippen LogP contribution in [0.25, 0.3) is 0 Å². The molecule has 0 aromatic heterocycles. The number of carboxylic acids is 1. The molecule has 0 fully saturated rings. The Labute approximate surface area is 112 Å². The van der Waals surface area contributed by atoms with Crippen LogP contribution in [0.5, 0.6) is 0 Å². The van der Waals surface area contributed by atoms with Crippen LogP contribution in [0.1, 0.15) is 13.8 Å². The van der Waals surface area contributed by atoms with E-state index in [1.807, 2.05) is 0 Å². The fourth-order valence-electron chi connectivity index (χ4n) is 1.20. The predicted octanol–water partition coefficient (Wildman–Crippen LogP) is 3.21. The van der Waals surface area contributed by atoms with E-state index in [4.69, 9.17) is 28.3 Å². The highest BCUT2D eigenvalue weighted by Gasteiger charge is 2.25. The Balaban J connectivity index is 2.96. The molecule has 0 saturated carbocycles. The molecule has 0 saturated heterocycles. The Bertz CT molecular complexity index is 462. The molecule has 3 atom stereocenters. The van der Waals surface area contributed by atoms with E-state index in [9.17, 15) is 9.00 Å². The lowest BCUT2D eigenvalue weighted by Gasteiger charge is -2.15. The van der Waals surface area contributed by atoms with E-state index < -0.39 is 27.9 Å². The van der Waals surface area contributed by atoms with Crippen LogP contribution < -0.4 is 0 Å². The van der Waals surface area contributed by atoms with Crippen molar-refractivity contribution in [3.05, 3.63) is 28.2 Å². The maximum Gasteiger partial charge on any atom is 0.307 e. The van der Waals surface area contributed by atoms with Crippen molar-refractivity contribution in [2.24, 2.45) is 5.92 Å². The van der Waals surface area contributed by atoms with E-state index in [-0.39, 0.29) is 0 Å². The summed E-state index contributed by atoms with van der Waals surface area (Å²) < 4.78 is 12.1. The fraction of sp³-hybridized carbons (Fsp3) is 0.364. The number of hydrogen-bond donors (Lipinski definition) is 1. The molecular formula is C11H12Cl2O3S. The monoisotopic (exact) mass is 294 g/mol. The van der Waals surface area contributed by atoms with E-state index in [0.29, 0.717) is 14.9 Å². The number of rotatable bonds is 4. The smallest absolute Gasteiger partial charge is 0.307 e. The molecule has 0 spiro atoms. The molecule has 94 valence electrons. The van der Waals surface area contributed by atoms with Crippen molar-refractivity contribution in [2.45, 2.75) is 24.0 Å². The van der Waals surface area contributed by atoms with Crippen LogP contribution in [-0.2, 0) is 15.6 Å². The van der Waals surface area contributed by atoms with Crippen molar-refractivity contribution in [3.8, 4) is 0 Å². The third-order valence-electron chi connectivity index (χ3n) is 2.55. The number of benzene rings is 1. The van der Waals surface area contributed by atoms with E-state index in [0.717, 1.165) is 0 Å². The number of halogens is 2. The molecular weight excluding hydrogens is 283 g/mol. The average Bonchev–Trinajstić information content (AvgIpc) is 2.29. The Hall–Kier alpha value is -0.580. The molecule has 1 aromatic rings. The first kappa shape index (κ1) is 14.5. The van der Waals surface area contributed by atoms with Gasteiger partial charge in [-0.05, 0) is 25.1 Å². The average molecular weight is 295 g/mol. The lowest BCUT2D eigenvalue weighted by atomic mass is 10.1. The molecule has 1 aromatic carbocycles. The molecule has 1 N–H and O–H groups in total. The maximum atomic E-state index is 12.1. The minimum absolute atomic E-state index is 0.313. The summed E-state index contributed by atoms with van der Waals surface area (Å²) in [7, 11) is -1.42. The Morgan fingerprint density at radius 2 is 1.88 bits per heavy atom. The lowest BCUT2D eigenvalue weighted by Crippen LogP contribution is -2.26. The first-order chi connectivity index (χ1) is 7.84. The van der Waals surface area contributed by atoms with Crippen LogP contribution in [0.3, 0.4) is 0 Å². The van der Waals surface area contributed by atoms with E-state index >= 15 is 0 Å². The summed E-state index contributed by atoms with van der Waals surface area (Å²) in [6.45, 7) is 3.17. The van der Waals surface area contributed by atoms with Crippen molar-refractivity contribution in [1.29, 1.82) is 0 Å². The van der Waals surface area contributed by atoms with Crippen molar-refractivity contribution in [1.82, 2.24) is 0 Å². The highest BCUT2D eigenvalue weighted by Crippen LogP contribution is 2.26. The predicted molar refractivity (Wildman–Crippen MR) is 69.1 cm³/mol. The van der Waals surface area contributed by atoms with Crippen LogP contribution in [0.2, 0.25) is 10.0 Å². The van der Waals surface area contributed by atoms with Gasteiger partial charge in [0.2, 0.25) is 0 Å². The van der Waals surface area contributed by atoms with E-state index in [1.54, 1.807) is 19.1 Å². The molecule has 0 amide bonds. The number of hydrogen-bond acceptors (Lipinski definition) is 2. The zero-order valence-electron chi connectivity index (χ0n) is 9.31. The summed E-state index contributed by atoms with van der Waals surface area (Å²) in [5, 5.41) is 9.06. The second-order valence-corrected chi connectivity index (χ2v) is 6.33. The topological polar surface area (TPSA) is 54.4 Å². The van der Waals surface area contributed by atoms with E-state index in [1.165, 1.54) is 13.0 Å². The molecule has 3 nitrogen and oxygen atoms in total. The first-order valence-corrected chi connectivity index (χ1v) is 6.90. The molecule has 6 heteroatoms. The van der Waals surface area contributed by atoms with Crippen molar-refractivity contribution < 1.29 is 14.1 Å². The SMILES string of the molecule is CC(C(=O)O)C(C)S(=O)c1ccc(Cl)c(Cl)c1. The highest BCUT2D eigenvalue weighted by molar-refractivity contribution is 7.85. The number of carboxylic acid groups (broad SMARTS) is 1. The van der Waals surface area contributed by atoms with Gasteiger partial charge in [-0.1, -0.05) is 30.1 Å². The zero-order valence-corrected chi connectivity index (χ0v) is 11.6. The van der Waals surface area contributed by atoms with Gasteiger partial charge in [0.15, 0.2) is 0 Å². The summed E-state index contributed by atoms with van der Waals surface area (Å²) in [6, 6.07) is 4.65. The third-order valence-corrected chi connectivity index (χ3v) is 5.10. The second kappa shape index (κ2) is 5.85. The van der Waals surface area contributed by atoms with Gasteiger partial charge < -0.3 is 5.11 Å². The standard InChI is InChI=1S/C11H12Cl2O3S/c1-6(11(14)15)7(2)17(16)8-3-4-9(12)10(13)5-8/h3-7H,1-2H3,(H,14,15). The van der Waals surface area contributed by atoms with Crippen LogP contribution in [0.4, 0.5) is 0 Å². The van der Waals surface area contributed by atoms with Gasteiger partial charge in [0.05, 0.1) is 26.8 Å². The van der Waals surface area contributed by atoms with Gasteiger partial charge in [0.1, 0.15) is 0 Å². The molecule has 0 aliphatic rings. The summed E-state index contributed by atoms with van der Waals surface area (Å²) in [5.74, 6) is -1.66. The summed E-state index contributed by atoms with van der Waals surface area (Å²) in [4.78, 5) is 11.3. The van der Waals surface area contributed by atoms with Gasteiger partial charge in [-0.15, -0.1) is 0 Å². The Morgan fingerprint density at radius 1 is 1.29 bits per heavy atom. The summed E-state index contributed by atoms with van der Waals surface area (Å²) in [5.41, 5.74) is 0. The van der Waals surface area contributed by atoms with Crippen molar-refractivity contribution in [2.75, 3.05) is 0 Å². The molecule has 0 heterocycles. The quantitative estimate of drug-likeness (QED) is 0.928. The van der Waals surface area contributed by atoms with Crippen molar-refractivity contribution >= 4 is 40.0 Å². The van der Waals surface area contributed by atoms with Crippen LogP contribution in [0.15, 0.2) is 23.1 Å². The first-order valence-electron chi connectivity index (χ1n) is 4.93. The van der Waals surface area contributed by atoms with Crippen LogP contribution in [-0.4, -0.2) is 20.5 Å². The molecule has 0 aliphatic carbocycles. The van der Waals surface area contributed by atoms with E-state index in [2.05, 4.69) is 0 Å². The molecule has 1 rings (SSSR count). The van der Waals surface area contributed by atoms with Gasteiger partial charge in [0, 0.05) is 10.1 Å². The maximum absolute atomic E-state index is 12.1. The second-order valence-electron chi connectivity index (χ2n) is 3.71. The fourth-order valence-corrected chi connectivity index (χ4v) is 2.92. The van der Waals surface area contributed by atoms with Crippen LogP contribution in [0, 0.1) is 5.92 Å². The van der Waals surface area contributed by atoms with Crippen LogP contribution >= 0.6 is 23.2 Å². The molecule has 0 radical (unpaired) electrons. The zero-order chi connectivity index (χ0) is 13.2. The summed E-state index contributed by atoms with van der Waals surface area (Å²) in [6.07, 6.45) is 0. The highest BCUT2D eigenvalue weighted by atomic mass is 35.5. The van der Waals surface area contributed by atoms with Gasteiger partial charge in [-0.3, -0.25) is 9.00 Å². The lowest BCUT2D eigenvalue weighted by molar-refractivity contribution is -0.141. The minimum atomic E-state index is -1.42. The Kier molecular flexibility index (Phi) is 4.98. The molecule has 3 unspecified atom stereocenters. The van der Waals surface area contributed by atoms with Gasteiger partial charge in [0.25, 0.3) is 0 Å². The molecule has 0 bridgehead atoms. The largest absolute Gasteiger partial charge is 0.481 e. The molecule has 17 heavy (non-hydrogen) atoms. The number of carbonyl (C=O) groups is 1. The third kappa shape index (κ3) is 3.44. The minimum Gasteiger partial charge on any atom is -0.481 e. The van der Waals surface area contributed by atoms with Crippen molar-refractivity contribution in [3.63, 3.8) is 0 Å².